The average Bonchev–Trinajstić information content (AvgIpc) is 2.75. The molecule has 0 atom stereocenters. The zero-order chi connectivity index (χ0) is 13.0. The second-order valence-electron chi connectivity index (χ2n) is 4.07. The molecule has 0 N–H and O–H groups in total. The minimum atomic E-state index is -0.264. The van der Waals surface area contributed by atoms with Gasteiger partial charge in [0, 0.05) is 0 Å². The van der Waals surface area contributed by atoms with Gasteiger partial charge in [-0.25, -0.2) is 9.07 Å². The fraction of sp³-hybridized carbons (Fsp3) is 0.308. The summed E-state index contributed by atoms with van der Waals surface area (Å²) in [6, 6.07) is 6.22. The molecular formula is C13H14FN3O. The monoisotopic (exact) mass is 247 g/mol. The Bertz CT molecular complexity index is 534. The summed E-state index contributed by atoms with van der Waals surface area (Å²) in [5.41, 5.74) is 2.15. The van der Waals surface area contributed by atoms with E-state index in [1.165, 1.54) is 12.1 Å². The molecule has 5 heteroatoms. The van der Waals surface area contributed by atoms with Crippen LogP contribution in [0.3, 0.4) is 0 Å². The minimum absolute atomic E-state index is 0.264. The fourth-order valence-electron chi connectivity index (χ4n) is 1.82. The van der Waals surface area contributed by atoms with Crippen molar-refractivity contribution < 1.29 is 9.18 Å². The lowest BCUT2D eigenvalue weighted by molar-refractivity contribution is 0.111. The molecule has 0 saturated carbocycles. The zero-order valence-corrected chi connectivity index (χ0v) is 10.1. The maximum atomic E-state index is 12.8. The molecule has 1 aromatic carbocycles. The smallest absolute Gasteiger partial charge is 0.172 e. The van der Waals surface area contributed by atoms with E-state index >= 15 is 0 Å². The van der Waals surface area contributed by atoms with E-state index < -0.39 is 0 Å². The van der Waals surface area contributed by atoms with Crippen LogP contribution >= 0.6 is 0 Å². The van der Waals surface area contributed by atoms with Gasteiger partial charge in [0.05, 0.1) is 12.2 Å². The van der Waals surface area contributed by atoms with Crippen molar-refractivity contribution in [3.05, 3.63) is 47.0 Å². The van der Waals surface area contributed by atoms with Crippen LogP contribution in [0.5, 0.6) is 0 Å². The SMILES string of the molecule is CCCc1c(C=O)nnn1Cc1ccc(F)cc1. The molecule has 1 heterocycles. The Morgan fingerprint density at radius 3 is 2.67 bits per heavy atom. The molecule has 2 aromatic rings. The zero-order valence-electron chi connectivity index (χ0n) is 10.1. The third kappa shape index (κ3) is 2.61. The maximum absolute atomic E-state index is 12.8. The number of rotatable bonds is 5. The standard InChI is InChI=1S/C13H14FN3O/c1-2-3-13-12(9-18)15-16-17(13)8-10-4-6-11(14)7-5-10/h4-7,9H,2-3,8H2,1H3. The molecule has 18 heavy (non-hydrogen) atoms. The number of nitrogens with zero attached hydrogens (tertiary/aromatic N) is 3. The van der Waals surface area contributed by atoms with Crippen molar-refractivity contribution in [3.8, 4) is 0 Å². The van der Waals surface area contributed by atoms with Crippen LogP contribution in [0.4, 0.5) is 4.39 Å². The third-order valence-corrected chi connectivity index (χ3v) is 2.71. The number of halogens is 1. The van der Waals surface area contributed by atoms with Crippen LogP contribution in [0, 0.1) is 5.82 Å². The number of benzene rings is 1. The van der Waals surface area contributed by atoms with Gasteiger partial charge < -0.3 is 0 Å². The van der Waals surface area contributed by atoms with Crippen molar-refractivity contribution >= 4 is 6.29 Å². The van der Waals surface area contributed by atoms with Gasteiger partial charge in [-0.1, -0.05) is 30.7 Å². The van der Waals surface area contributed by atoms with Gasteiger partial charge in [-0.15, -0.1) is 5.10 Å². The molecule has 4 nitrogen and oxygen atoms in total. The molecule has 2 rings (SSSR count). The van der Waals surface area contributed by atoms with Crippen molar-refractivity contribution in [3.63, 3.8) is 0 Å². The van der Waals surface area contributed by atoms with Crippen molar-refractivity contribution in [2.24, 2.45) is 0 Å². The first-order chi connectivity index (χ1) is 8.74. The molecule has 0 aliphatic rings. The molecule has 0 bridgehead atoms. The van der Waals surface area contributed by atoms with Crippen LogP contribution in [-0.2, 0) is 13.0 Å². The molecule has 0 spiro atoms. The molecule has 0 saturated heterocycles. The summed E-state index contributed by atoms with van der Waals surface area (Å²) < 4.78 is 14.5. The lowest BCUT2D eigenvalue weighted by Gasteiger charge is -2.06. The largest absolute Gasteiger partial charge is 0.296 e. The Balaban J connectivity index is 2.25. The van der Waals surface area contributed by atoms with Crippen LogP contribution < -0.4 is 0 Å². The second kappa shape index (κ2) is 5.53. The summed E-state index contributed by atoms with van der Waals surface area (Å²) in [5.74, 6) is -0.264. The Hall–Kier alpha value is -2.04. The Morgan fingerprint density at radius 1 is 1.33 bits per heavy atom. The van der Waals surface area contributed by atoms with Gasteiger partial charge in [0.15, 0.2) is 6.29 Å². The topological polar surface area (TPSA) is 47.8 Å². The van der Waals surface area contributed by atoms with Gasteiger partial charge in [-0.2, -0.15) is 0 Å². The molecule has 0 radical (unpaired) electrons. The molecule has 0 unspecified atom stereocenters. The van der Waals surface area contributed by atoms with E-state index in [9.17, 15) is 9.18 Å². The van der Waals surface area contributed by atoms with Crippen LogP contribution in [0.15, 0.2) is 24.3 Å². The molecular weight excluding hydrogens is 233 g/mol. The lowest BCUT2D eigenvalue weighted by atomic mass is 10.2. The Kier molecular flexibility index (Phi) is 3.82. The molecule has 94 valence electrons. The van der Waals surface area contributed by atoms with E-state index in [2.05, 4.69) is 10.3 Å². The lowest BCUT2D eigenvalue weighted by Crippen LogP contribution is -2.07. The second-order valence-corrected chi connectivity index (χ2v) is 4.07. The van der Waals surface area contributed by atoms with Crippen LogP contribution in [0.1, 0.15) is 35.1 Å². The summed E-state index contributed by atoms with van der Waals surface area (Å²) in [6.45, 7) is 2.53. The van der Waals surface area contributed by atoms with Gasteiger partial charge in [0.2, 0.25) is 0 Å². The Morgan fingerprint density at radius 2 is 2.06 bits per heavy atom. The summed E-state index contributed by atoms with van der Waals surface area (Å²) in [5, 5.41) is 7.80. The van der Waals surface area contributed by atoms with E-state index in [1.807, 2.05) is 6.92 Å². The predicted molar refractivity (Wildman–Crippen MR) is 64.9 cm³/mol. The normalized spacial score (nSPS) is 10.6. The summed E-state index contributed by atoms with van der Waals surface area (Å²) >= 11 is 0. The fourth-order valence-corrected chi connectivity index (χ4v) is 1.82. The third-order valence-electron chi connectivity index (χ3n) is 2.71. The van der Waals surface area contributed by atoms with Gasteiger partial charge in [0.1, 0.15) is 11.5 Å². The number of aldehydes is 1. The predicted octanol–water partition coefficient (Wildman–Crippen LogP) is 2.23. The highest BCUT2D eigenvalue weighted by molar-refractivity contribution is 5.73. The maximum Gasteiger partial charge on any atom is 0.172 e. The van der Waals surface area contributed by atoms with Gasteiger partial charge in [0.25, 0.3) is 0 Å². The van der Waals surface area contributed by atoms with Gasteiger partial charge in [-0.05, 0) is 24.1 Å². The molecule has 0 amide bonds. The number of carbonyl (C=O) groups is 1. The summed E-state index contributed by atoms with van der Waals surface area (Å²) in [4.78, 5) is 10.8. The minimum Gasteiger partial charge on any atom is -0.296 e. The van der Waals surface area contributed by atoms with Crippen molar-refractivity contribution in [1.82, 2.24) is 15.0 Å². The van der Waals surface area contributed by atoms with E-state index in [1.54, 1.807) is 16.8 Å². The van der Waals surface area contributed by atoms with Gasteiger partial charge in [-0.3, -0.25) is 4.79 Å². The average molecular weight is 247 g/mol. The van der Waals surface area contributed by atoms with Gasteiger partial charge >= 0.3 is 0 Å². The number of carbonyl (C=O) groups excluding carboxylic acids is 1. The van der Waals surface area contributed by atoms with E-state index in [0.717, 1.165) is 30.4 Å². The van der Waals surface area contributed by atoms with Crippen LogP contribution in [0.25, 0.3) is 0 Å². The summed E-state index contributed by atoms with van der Waals surface area (Å²) in [7, 11) is 0. The molecule has 1 aromatic heterocycles. The highest BCUT2D eigenvalue weighted by Crippen LogP contribution is 2.10. The van der Waals surface area contributed by atoms with E-state index in [0.29, 0.717) is 12.2 Å². The van der Waals surface area contributed by atoms with E-state index in [4.69, 9.17) is 0 Å². The number of aromatic nitrogens is 3. The first-order valence-corrected chi connectivity index (χ1v) is 5.86. The van der Waals surface area contributed by atoms with Crippen LogP contribution in [0.2, 0.25) is 0 Å². The molecule has 0 aliphatic heterocycles. The van der Waals surface area contributed by atoms with Crippen molar-refractivity contribution in [2.75, 3.05) is 0 Å². The quantitative estimate of drug-likeness (QED) is 0.761. The number of hydrogen-bond acceptors (Lipinski definition) is 3. The first kappa shape index (κ1) is 12.4. The van der Waals surface area contributed by atoms with Crippen molar-refractivity contribution in [1.29, 1.82) is 0 Å². The highest BCUT2D eigenvalue weighted by atomic mass is 19.1. The van der Waals surface area contributed by atoms with Crippen LogP contribution in [-0.4, -0.2) is 21.3 Å². The highest BCUT2D eigenvalue weighted by Gasteiger charge is 2.11. The Labute approximate surface area is 104 Å². The summed E-state index contributed by atoms with van der Waals surface area (Å²) in [6.07, 6.45) is 2.39. The molecule has 0 aliphatic carbocycles. The van der Waals surface area contributed by atoms with Crippen molar-refractivity contribution in [2.45, 2.75) is 26.3 Å². The van der Waals surface area contributed by atoms with E-state index in [-0.39, 0.29) is 5.82 Å². The number of hydrogen-bond donors (Lipinski definition) is 0. The molecule has 0 fully saturated rings. The first-order valence-electron chi connectivity index (χ1n) is 5.86.